The van der Waals surface area contributed by atoms with Crippen molar-refractivity contribution in [1.82, 2.24) is 15.0 Å². The van der Waals surface area contributed by atoms with Gasteiger partial charge in [0.05, 0.1) is 14.2 Å². The Kier molecular flexibility index (Phi) is 8.49. The Morgan fingerprint density at radius 3 is 1.70 bits per heavy atom. The lowest BCUT2D eigenvalue weighted by Gasteiger charge is -2.36. The summed E-state index contributed by atoms with van der Waals surface area (Å²) in [6, 6.07) is 15.6. The number of nitrogens with one attached hydrogen (secondary N) is 2. The van der Waals surface area contributed by atoms with Crippen LogP contribution in [0.15, 0.2) is 48.5 Å². The van der Waals surface area contributed by atoms with Crippen LogP contribution in [-0.4, -0.2) is 78.1 Å². The van der Waals surface area contributed by atoms with Crippen molar-refractivity contribution >= 4 is 11.9 Å². The molecule has 0 unspecified atom stereocenters. The van der Waals surface area contributed by atoms with E-state index >= 15 is 0 Å². The van der Waals surface area contributed by atoms with Crippen LogP contribution >= 0.6 is 0 Å². The number of rotatable bonds is 11. The van der Waals surface area contributed by atoms with Gasteiger partial charge >= 0.3 is 6.01 Å². The summed E-state index contributed by atoms with van der Waals surface area (Å²) in [5, 5.41) is 6.53. The zero-order chi connectivity index (χ0) is 30.9. The van der Waals surface area contributed by atoms with Crippen LogP contribution in [0.2, 0.25) is 0 Å². The molecule has 3 fully saturated rings. The highest BCUT2D eigenvalue weighted by molar-refractivity contribution is 5.38. The van der Waals surface area contributed by atoms with Crippen LogP contribution in [0, 0.1) is 0 Å². The van der Waals surface area contributed by atoms with Crippen LogP contribution < -0.4 is 24.8 Å². The predicted molar refractivity (Wildman–Crippen MR) is 158 cm³/mol. The number of nitrogens with zero attached hydrogens (tertiary/aromatic N) is 3. The molecule has 44 heavy (non-hydrogen) atoms. The SMILES string of the molecule is COc1ccc(CNc2nc(NCc3ccc(OC)cc3)nc(OC[C@H]3O[C@@H]4OC(C)(C)O[C@@H]4[C@H]4OC(C)(C)O[C@H]43)n2)cc1. The van der Waals surface area contributed by atoms with Gasteiger partial charge in [0.15, 0.2) is 17.9 Å². The summed E-state index contributed by atoms with van der Waals surface area (Å²) >= 11 is 0. The van der Waals surface area contributed by atoms with Crippen LogP contribution in [0.1, 0.15) is 38.8 Å². The third kappa shape index (κ3) is 6.97. The molecular formula is C31H39N5O8. The Balaban J connectivity index is 1.18. The van der Waals surface area contributed by atoms with E-state index in [-0.39, 0.29) is 18.7 Å². The van der Waals surface area contributed by atoms with E-state index in [0.29, 0.717) is 25.0 Å². The number of benzene rings is 2. The first-order chi connectivity index (χ1) is 21.1. The smallest absolute Gasteiger partial charge is 0.323 e. The second-order valence-electron chi connectivity index (χ2n) is 11.7. The van der Waals surface area contributed by atoms with E-state index in [1.807, 2.05) is 76.2 Å². The predicted octanol–water partition coefficient (Wildman–Crippen LogP) is 3.89. The van der Waals surface area contributed by atoms with E-state index in [2.05, 4.69) is 25.6 Å². The zero-order valence-corrected chi connectivity index (χ0v) is 25.7. The van der Waals surface area contributed by atoms with Gasteiger partial charge in [-0.15, -0.1) is 0 Å². The van der Waals surface area contributed by atoms with E-state index in [9.17, 15) is 0 Å². The molecule has 1 aromatic heterocycles. The van der Waals surface area contributed by atoms with Crippen molar-refractivity contribution in [2.24, 2.45) is 0 Å². The Labute approximate surface area is 256 Å². The Morgan fingerprint density at radius 1 is 0.659 bits per heavy atom. The van der Waals surface area contributed by atoms with Crippen LogP contribution in [0.25, 0.3) is 0 Å². The lowest BCUT2D eigenvalue weighted by Crippen LogP contribution is -2.56. The van der Waals surface area contributed by atoms with Gasteiger partial charge in [0.25, 0.3) is 0 Å². The summed E-state index contributed by atoms with van der Waals surface area (Å²) in [7, 11) is 3.28. The first kappa shape index (κ1) is 30.3. The minimum atomic E-state index is -0.813. The fourth-order valence-corrected chi connectivity index (χ4v) is 5.41. The maximum absolute atomic E-state index is 6.28. The molecule has 6 rings (SSSR count). The largest absolute Gasteiger partial charge is 0.497 e. The Morgan fingerprint density at radius 2 is 1.16 bits per heavy atom. The lowest BCUT2D eigenvalue weighted by atomic mass is 9.99. The fourth-order valence-electron chi connectivity index (χ4n) is 5.41. The lowest BCUT2D eigenvalue weighted by molar-refractivity contribution is -0.238. The van der Waals surface area contributed by atoms with Crippen molar-refractivity contribution < 1.29 is 37.9 Å². The van der Waals surface area contributed by atoms with E-state index in [4.69, 9.17) is 37.9 Å². The number of fused-ring (bicyclic) bond motifs is 3. The van der Waals surface area contributed by atoms with Gasteiger partial charge in [0, 0.05) is 13.1 Å². The maximum atomic E-state index is 6.28. The molecule has 0 bridgehead atoms. The van der Waals surface area contributed by atoms with Gasteiger partial charge in [-0.25, -0.2) is 0 Å². The van der Waals surface area contributed by atoms with E-state index < -0.39 is 36.2 Å². The van der Waals surface area contributed by atoms with Crippen LogP contribution in [0.4, 0.5) is 11.9 Å². The van der Waals surface area contributed by atoms with Gasteiger partial charge < -0.3 is 48.5 Å². The molecule has 3 aromatic rings. The molecule has 0 radical (unpaired) electrons. The molecule has 13 heteroatoms. The van der Waals surface area contributed by atoms with Gasteiger partial charge in [-0.2, -0.15) is 15.0 Å². The highest BCUT2D eigenvalue weighted by Crippen LogP contribution is 2.44. The van der Waals surface area contributed by atoms with Gasteiger partial charge in [-0.05, 0) is 63.1 Å². The quantitative estimate of drug-likeness (QED) is 0.326. The molecule has 2 aromatic carbocycles. The van der Waals surface area contributed by atoms with Crippen LogP contribution in [-0.2, 0) is 36.8 Å². The van der Waals surface area contributed by atoms with Crippen LogP contribution in [0.5, 0.6) is 17.5 Å². The van der Waals surface area contributed by atoms with Gasteiger partial charge in [-0.1, -0.05) is 24.3 Å². The summed E-state index contributed by atoms with van der Waals surface area (Å²) in [6.45, 7) is 8.49. The van der Waals surface area contributed by atoms with Crippen molar-refractivity contribution in [3.8, 4) is 17.5 Å². The topological polar surface area (TPSA) is 137 Å². The summed E-state index contributed by atoms with van der Waals surface area (Å²) < 4.78 is 47.5. The van der Waals surface area contributed by atoms with Gasteiger partial charge in [0.2, 0.25) is 11.9 Å². The number of hydrogen-bond donors (Lipinski definition) is 2. The van der Waals surface area contributed by atoms with Crippen molar-refractivity contribution in [3.63, 3.8) is 0 Å². The molecule has 5 atom stereocenters. The number of hydrogen-bond acceptors (Lipinski definition) is 13. The average molecular weight is 610 g/mol. The van der Waals surface area contributed by atoms with Crippen molar-refractivity contribution in [2.75, 3.05) is 31.5 Å². The highest BCUT2D eigenvalue weighted by atomic mass is 16.9. The standard InChI is InChI=1S/C31H39N5O8/c1-30(2)41-23-22(40-26-25(24(23)42-30)43-31(3,4)44-26)17-39-29-35-27(32-15-18-7-11-20(37-5)12-8-18)34-28(36-29)33-16-19-9-13-21(38-6)14-10-19/h7-14,22-26H,15-17H2,1-6H3,(H2,32,33,34,35,36)/t22-,23+,24+,25-,26-/m1/s1. The number of ether oxygens (including phenoxy) is 8. The first-order valence-corrected chi connectivity index (χ1v) is 14.6. The number of methoxy groups -OCH3 is 2. The molecule has 13 nitrogen and oxygen atoms in total. The molecule has 3 aliphatic heterocycles. The molecule has 236 valence electrons. The van der Waals surface area contributed by atoms with Gasteiger partial charge in [0.1, 0.15) is 42.5 Å². The Hall–Kier alpha value is -3.75. The molecule has 2 N–H and O–H groups in total. The van der Waals surface area contributed by atoms with E-state index in [0.717, 1.165) is 22.6 Å². The molecule has 0 spiro atoms. The monoisotopic (exact) mass is 609 g/mol. The molecule has 4 heterocycles. The molecule has 3 saturated heterocycles. The second kappa shape index (κ2) is 12.3. The van der Waals surface area contributed by atoms with Gasteiger partial charge in [-0.3, -0.25) is 0 Å². The zero-order valence-electron chi connectivity index (χ0n) is 25.7. The maximum Gasteiger partial charge on any atom is 0.323 e. The Bertz CT molecular complexity index is 1350. The fraction of sp³-hybridized carbons (Fsp3) is 0.516. The summed E-state index contributed by atoms with van der Waals surface area (Å²) in [5.41, 5.74) is 2.06. The molecule has 0 saturated carbocycles. The van der Waals surface area contributed by atoms with E-state index in [1.165, 1.54) is 0 Å². The third-order valence-corrected chi connectivity index (χ3v) is 7.46. The summed E-state index contributed by atoms with van der Waals surface area (Å²) in [4.78, 5) is 13.6. The van der Waals surface area contributed by atoms with Crippen LogP contribution in [0.3, 0.4) is 0 Å². The minimum absolute atomic E-state index is 0.0907. The van der Waals surface area contributed by atoms with Crippen molar-refractivity contribution in [3.05, 3.63) is 59.7 Å². The first-order valence-electron chi connectivity index (χ1n) is 14.6. The van der Waals surface area contributed by atoms with Crippen molar-refractivity contribution in [1.29, 1.82) is 0 Å². The minimum Gasteiger partial charge on any atom is -0.497 e. The highest BCUT2D eigenvalue weighted by Gasteiger charge is 2.60. The normalized spacial score (nSPS) is 26.4. The molecular weight excluding hydrogens is 570 g/mol. The summed E-state index contributed by atoms with van der Waals surface area (Å²) in [6.07, 6.45) is -2.40. The third-order valence-electron chi connectivity index (χ3n) is 7.46. The molecule has 0 amide bonds. The van der Waals surface area contributed by atoms with Crippen molar-refractivity contribution in [2.45, 2.75) is 83.1 Å². The average Bonchev–Trinajstić information content (AvgIpc) is 3.51. The second-order valence-corrected chi connectivity index (χ2v) is 11.7. The molecule has 0 aliphatic carbocycles. The molecule has 3 aliphatic rings. The number of aromatic nitrogens is 3. The van der Waals surface area contributed by atoms with E-state index in [1.54, 1.807) is 14.2 Å². The number of anilines is 2. The summed E-state index contributed by atoms with van der Waals surface area (Å²) in [5.74, 6) is 0.640.